The third-order valence-electron chi connectivity index (χ3n) is 3.52. The maximum absolute atomic E-state index is 11.9. The first kappa shape index (κ1) is 14.1. The molecule has 1 amide bonds. The van der Waals surface area contributed by atoms with E-state index in [1.165, 1.54) is 11.1 Å². The lowest BCUT2D eigenvalue weighted by molar-refractivity contribution is -0.124. The Morgan fingerprint density at radius 1 is 1.37 bits per heavy atom. The van der Waals surface area contributed by atoms with Crippen LogP contribution in [0.3, 0.4) is 0 Å². The van der Waals surface area contributed by atoms with Crippen molar-refractivity contribution in [1.29, 1.82) is 0 Å². The normalized spacial score (nSPS) is 19.3. The Morgan fingerprint density at radius 3 is 2.68 bits per heavy atom. The first-order chi connectivity index (χ1) is 8.87. The minimum atomic E-state index is -0.171. The zero-order valence-electron chi connectivity index (χ0n) is 12.3. The quantitative estimate of drug-likeness (QED) is 0.871. The van der Waals surface area contributed by atoms with E-state index in [0.717, 1.165) is 13.0 Å². The van der Waals surface area contributed by atoms with Crippen LogP contribution in [-0.2, 0) is 11.2 Å². The van der Waals surface area contributed by atoms with Crippen molar-refractivity contribution in [1.82, 2.24) is 10.6 Å². The van der Waals surface area contributed by atoms with Crippen LogP contribution in [0.2, 0.25) is 0 Å². The van der Waals surface area contributed by atoms with Crippen molar-refractivity contribution >= 4 is 5.91 Å². The molecule has 2 unspecified atom stereocenters. The summed E-state index contributed by atoms with van der Waals surface area (Å²) in [5.74, 6) is 0.626. The molecule has 2 atom stereocenters. The highest BCUT2D eigenvalue weighted by molar-refractivity contribution is 5.81. The lowest BCUT2D eigenvalue weighted by atomic mass is 9.77. The van der Waals surface area contributed by atoms with E-state index < -0.39 is 0 Å². The summed E-state index contributed by atoms with van der Waals surface area (Å²) in [5.41, 5.74) is 2.70. The summed E-state index contributed by atoms with van der Waals surface area (Å²) in [5, 5.41) is 6.33. The van der Waals surface area contributed by atoms with E-state index in [9.17, 15) is 4.79 Å². The molecule has 0 heterocycles. The fraction of sp³-hybridized carbons (Fsp3) is 0.562. The second-order valence-electron chi connectivity index (χ2n) is 6.47. The maximum Gasteiger partial charge on any atom is 0.237 e. The molecule has 0 fully saturated rings. The van der Waals surface area contributed by atoms with E-state index in [2.05, 4.69) is 34.9 Å². The molecule has 0 aliphatic heterocycles. The zero-order chi connectivity index (χ0) is 14.0. The second-order valence-corrected chi connectivity index (χ2v) is 6.47. The van der Waals surface area contributed by atoms with Crippen LogP contribution in [0.25, 0.3) is 0 Å². The fourth-order valence-electron chi connectivity index (χ4n) is 2.43. The van der Waals surface area contributed by atoms with Gasteiger partial charge in [0.15, 0.2) is 0 Å². The Hall–Kier alpha value is -1.35. The molecule has 1 aromatic rings. The Kier molecular flexibility index (Phi) is 3.95. The van der Waals surface area contributed by atoms with Crippen LogP contribution in [0.4, 0.5) is 0 Å². The summed E-state index contributed by atoms with van der Waals surface area (Å²) < 4.78 is 0. The number of carbonyl (C=O) groups excluding carboxylic acids is 1. The van der Waals surface area contributed by atoms with E-state index in [-0.39, 0.29) is 17.5 Å². The van der Waals surface area contributed by atoms with Gasteiger partial charge in [-0.3, -0.25) is 4.79 Å². The third kappa shape index (κ3) is 3.57. The van der Waals surface area contributed by atoms with E-state index in [4.69, 9.17) is 0 Å². The highest BCUT2D eigenvalue weighted by Crippen LogP contribution is 2.34. The van der Waals surface area contributed by atoms with Gasteiger partial charge < -0.3 is 10.6 Å². The van der Waals surface area contributed by atoms with E-state index >= 15 is 0 Å². The molecule has 0 aromatic heterocycles. The van der Waals surface area contributed by atoms with Gasteiger partial charge in [0.1, 0.15) is 0 Å². The van der Waals surface area contributed by atoms with Gasteiger partial charge in [-0.2, -0.15) is 0 Å². The van der Waals surface area contributed by atoms with Crippen LogP contribution >= 0.6 is 0 Å². The summed E-state index contributed by atoms with van der Waals surface area (Å²) in [7, 11) is 0. The summed E-state index contributed by atoms with van der Waals surface area (Å²) in [6.07, 6.45) is 1.12. The van der Waals surface area contributed by atoms with Crippen molar-refractivity contribution in [2.24, 2.45) is 0 Å². The van der Waals surface area contributed by atoms with Crippen LogP contribution < -0.4 is 10.6 Å². The Bertz CT molecular complexity index is 462. The number of nitrogens with one attached hydrogen (secondary N) is 2. The lowest BCUT2D eigenvalue weighted by Crippen LogP contribution is -2.50. The number of fused-ring (bicyclic) bond motifs is 1. The first-order valence-electron chi connectivity index (χ1n) is 7.00. The largest absolute Gasteiger partial charge is 0.350 e. The van der Waals surface area contributed by atoms with Gasteiger partial charge in [-0.1, -0.05) is 24.3 Å². The van der Waals surface area contributed by atoms with Crippen LogP contribution in [0.15, 0.2) is 24.3 Å². The van der Waals surface area contributed by atoms with Gasteiger partial charge in [-0.25, -0.2) is 0 Å². The number of carbonyl (C=O) groups is 1. The second kappa shape index (κ2) is 5.33. The Balaban J connectivity index is 1.79. The smallest absolute Gasteiger partial charge is 0.237 e. The maximum atomic E-state index is 11.9. The van der Waals surface area contributed by atoms with Crippen molar-refractivity contribution in [3.05, 3.63) is 35.4 Å². The Morgan fingerprint density at radius 2 is 2.05 bits per heavy atom. The molecule has 0 spiro atoms. The van der Waals surface area contributed by atoms with Crippen molar-refractivity contribution in [3.63, 3.8) is 0 Å². The molecular formula is C16H24N2O. The van der Waals surface area contributed by atoms with Gasteiger partial charge >= 0.3 is 0 Å². The van der Waals surface area contributed by atoms with Gasteiger partial charge in [0.2, 0.25) is 5.91 Å². The van der Waals surface area contributed by atoms with Crippen molar-refractivity contribution in [2.75, 3.05) is 6.54 Å². The van der Waals surface area contributed by atoms with Crippen LogP contribution in [0.1, 0.15) is 44.7 Å². The van der Waals surface area contributed by atoms with Gasteiger partial charge in [-0.05, 0) is 45.2 Å². The van der Waals surface area contributed by atoms with Gasteiger partial charge in [-0.15, -0.1) is 0 Å². The molecule has 0 saturated heterocycles. The number of hydrogen-bond donors (Lipinski definition) is 2. The van der Waals surface area contributed by atoms with Crippen LogP contribution in [0.5, 0.6) is 0 Å². The summed E-state index contributed by atoms with van der Waals surface area (Å²) in [4.78, 5) is 11.9. The molecule has 3 heteroatoms. The zero-order valence-corrected chi connectivity index (χ0v) is 12.3. The van der Waals surface area contributed by atoms with Crippen molar-refractivity contribution in [2.45, 2.75) is 51.6 Å². The van der Waals surface area contributed by atoms with E-state index in [0.29, 0.717) is 5.92 Å². The predicted octanol–water partition coefficient (Wildman–Crippen LogP) is 2.22. The van der Waals surface area contributed by atoms with Crippen molar-refractivity contribution in [3.8, 4) is 0 Å². The predicted molar refractivity (Wildman–Crippen MR) is 78.2 cm³/mol. The molecule has 1 aliphatic carbocycles. The minimum Gasteiger partial charge on any atom is -0.350 e. The molecule has 0 radical (unpaired) electrons. The van der Waals surface area contributed by atoms with E-state index in [1.807, 2.05) is 27.7 Å². The van der Waals surface area contributed by atoms with Crippen molar-refractivity contribution < 1.29 is 4.79 Å². The number of benzene rings is 1. The number of rotatable bonds is 4. The molecular weight excluding hydrogens is 236 g/mol. The topological polar surface area (TPSA) is 41.1 Å². The lowest BCUT2D eigenvalue weighted by Gasteiger charge is -2.31. The molecule has 0 saturated carbocycles. The average Bonchev–Trinajstić information content (AvgIpc) is 2.27. The summed E-state index contributed by atoms with van der Waals surface area (Å²) >= 11 is 0. The molecule has 2 N–H and O–H groups in total. The minimum absolute atomic E-state index is 0.0695. The fourth-order valence-corrected chi connectivity index (χ4v) is 2.43. The summed E-state index contributed by atoms with van der Waals surface area (Å²) in [6, 6.07) is 8.39. The molecule has 104 valence electrons. The Labute approximate surface area is 115 Å². The molecule has 3 nitrogen and oxygen atoms in total. The number of amides is 1. The van der Waals surface area contributed by atoms with Crippen LogP contribution in [-0.4, -0.2) is 24.0 Å². The van der Waals surface area contributed by atoms with E-state index in [1.54, 1.807) is 0 Å². The standard InChI is InChI=1S/C16H24N2O/c1-11(15(19)18-16(2,3)4)17-10-13-9-12-7-5-6-8-14(12)13/h5-8,11,13,17H,9-10H2,1-4H3,(H,18,19). The van der Waals surface area contributed by atoms with Gasteiger partial charge in [0.05, 0.1) is 6.04 Å². The monoisotopic (exact) mass is 260 g/mol. The molecule has 1 aliphatic rings. The summed E-state index contributed by atoms with van der Waals surface area (Å²) in [6.45, 7) is 8.79. The highest BCUT2D eigenvalue weighted by atomic mass is 16.2. The molecule has 19 heavy (non-hydrogen) atoms. The molecule has 1 aromatic carbocycles. The highest BCUT2D eigenvalue weighted by Gasteiger charge is 2.26. The van der Waals surface area contributed by atoms with Crippen LogP contribution in [0, 0.1) is 0 Å². The third-order valence-corrected chi connectivity index (χ3v) is 3.52. The average molecular weight is 260 g/mol. The first-order valence-corrected chi connectivity index (χ1v) is 7.00. The molecule has 0 bridgehead atoms. The molecule has 2 rings (SSSR count). The SMILES string of the molecule is CC(NCC1Cc2ccccc21)C(=O)NC(C)(C)C. The van der Waals surface area contributed by atoms with Gasteiger partial charge in [0, 0.05) is 18.0 Å². The number of hydrogen-bond acceptors (Lipinski definition) is 2. The van der Waals surface area contributed by atoms with Gasteiger partial charge in [0.25, 0.3) is 0 Å².